The summed E-state index contributed by atoms with van der Waals surface area (Å²) in [4.78, 5) is 14.2. The average Bonchev–Trinajstić information content (AvgIpc) is 2.36. The summed E-state index contributed by atoms with van der Waals surface area (Å²) in [7, 11) is 2.10. The van der Waals surface area contributed by atoms with Crippen molar-refractivity contribution in [2.75, 3.05) is 33.3 Å². The van der Waals surface area contributed by atoms with Crippen LogP contribution in [0.1, 0.15) is 33.6 Å². The van der Waals surface area contributed by atoms with E-state index in [0.29, 0.717) is 0 Å². The van der Waals surface area contributed by atoms with E-state index in [-0.39, 0.29) is 24.1 Å². The molecule has 0 aromatic rings. The first-order chi connectivity index (χ1) is 9.02. The topological polar surface area (TPSA) is 53.6 Å². The molecule has 3 unspecified atom stereocenters. The van der Waals surface area contributed by atoms with Crippen molar-refractivity contribution in [3.8, 4) is 0 Å². The number of nitrogens with zero attached hydrogens (tertiary/aromatic N) is 1. The third kappa shape index (κ3) is 6.36. The molecule has 0 bridgehead atoms. The lowest BCUT2D eigenvalue weighted by atomic mass is 10.2. The molecule has 1 aliphatic rings. The molecule has 1 saturated heterocycles. The number of likely N-dealkylation sites (N-methyl/N-ethyl adjacent to an activating group) is 1. The highest BCUT2D eigenvalue weighted by atomic mass is 16.5. The van der Waals surface area contributed by atoms with Crippen LogP contribution in [0.4, 0.5) is 0 Å². The molecule has 1 rings (SSSR count). The van der Waals surface area contributed by atoms with Crippen molar-refractivity contribution in [2.24, 2.45) is 0 Å². The van der Waals surface area contributed by atoms with Gasteiger partial charge in [0.25, 0.3) is 0 Å². The number of ether oxygens (including phenoxy) is 1. The van der Waals surface area contributed by atoms with Gasteiger partial charge in [-0.05, 0) is 27.3 Å². The van der Waals surface area contributed by atoms with Crippen LogP contribution in [-0.4, -0.2) is 62.3 Å². The summed E-state index contributed by atoms with van der Waals surface area (Å²) >= 11 is 0. The fraction of sp³-hybridized carbons (Fsp3) is 0.929. The summed E-state index contributed by atoms with van der Waals surface area (Å²) in [6.07, 6.45) is 2.29. The molecule has 112 valence electrons. The van der Waals surface area contributed by atoms with Gasteiger partial charge in [-0.3, -0.25) is 4.79 Å². The molecule has 19 heavy (non-hydrogen) atoms. The molecule has 0 aromatic heterocycles. The van der Waals surface area contributed by atoms with Crippen LogP contribution in [-0.2, 0) is 9.53 Å². The number of amides is 1. The molecule has 5 heteroatoms. The van der Waals surface area contributed by atoms with Crippen molar-refractivity contribution in [1.82, 2.24) is 15.5 Å². The highest BCUT2D eigenvalue weighted by Gasteiger charge is 2.20. The quantitative estimate of drug-likeness (QED) is 0.712. The number of nitrogens with one attached hydrogen (secondary N) is 2. The van der Waals surface area contributed by atoms with Gasteiger partial charge in [-0.1, -0.05) is 13.3 Å². The number of rotatable bonds is 7. The second-order valence-electron chi connectivity index (χ2n) is 5.58. The Hall–Kier alpha value is -0.650. The van der Waals surface area contributed by atoms with E-state index in [2.05, 4.69) is 29.5 Å². The van der Waals surface area contributed by atoms with Gasteiger partial charge in [-0.15, -0.1) is 0 Å². The highest BCUT2D eigenvalue weighted by Crippen LogP contribution is 2.02. The van der Waals surface area contributed by atoms with E-state index >= 15 is 0 Å². The summed E-state index contributed by atoms with van der Waals surface area (Å²) in [5, 5.41) is 6.28. The molecule has 1 heterocycles. The maximum Gasteiger partial charge on any atom is 0.237 e. The van der Waals surface area contributed by atoms with Gasteiger partial charge in [0.15, 0.2) is 0 Å². The normalized spacial score (nSPS) is 23.9. The molecule has 0 radical (unpaired) electrons. The predicted molar refractivity (Wildman–Crippen MR) is 77.2 cm³/mol. The van der Waals surface area contributed by atoms with Crippen LogP contribution in [0.25, 0.3) is 0 Å². The molecule has 0 spiro atoms. The standard InChI is InChI=1S/C14H29N3O2/c1-5-6-11(2)16-14(18)12(3)15-9-13-10-17(4)7-8-19-13/h11-13,15H,5-10H2,1-4H3,(H,16,18). The molecule has 0 aliphatic carbocycles. The van der Waals surface area contributed by atoms with E-state index in [1.807, 2.05) is 13.8 Å². The van der Waals surface area contributed by atoms with Crippen LogP contribution >= 0.6 is 0 Å². The fourth-order valence-corrected chi connectivity index (χ4v) is 2.26. The van der Waals surface area contributed by atoms with E-state index in [9.17, 15) is 4.79 Å². The number of morpholine rings is 1. The summed E-state index contributed by atoms with van der Waals surface area (Å²) in [6.45, 7) is 9.49. The number of hydrogen-bond acceptors (Lipinski definition) is 4. The van der Waals surface area contributed by atoms with Gasteiger partial charge < -0.3 is 20.3 Å². The lowest BCUT2D eigenvalue weighted by molar-refractivity contribution is -0.123. The van der Waals surface area contributed by atoms with Crippen molar-refractivity contribution < 1.29 is 9.53 Å². The smallest absolute Gasteiger partial charge is 0.237 e. The number of carbonyl (C=O) groups excluding carboxylic acids is 1. The minimum absolute atomic E-state index is 0.0742. The molecule has 3 atom stereocenters. The van der Waals surface area contributed by atoms with Crippen molar-refractivity contribution >= 4 is 5.91 Å². The van der Waals surface area contributed by atoms with Gasteiger partial charge in [0, 0.05) is 25.7 Å². The number of carbonyl (C=O) groups is 1. The van der Waals surface area contributed by atoms with Crippen molar-refractivity contribution in [3.63, 3.8) is 0 Å². The van der Waals surface area contributed by atoms with Crippen molar-refractivity contribution in [3.05, 3.63) is 0 Å². The zero-order chi connectivity index (χ0) is 14.3. The first kappa shape index (κ1) is 16.4. The van der Waals surface area contributed by atoms with Gasteiger partial charge in [0.2, 0.25) is 5.91 Å². The minimum atomic E-state index is -0.171. The zero-order valence-corrected chi connectivity index (χ0v) is 12.7. The molecule has 1 amide bonds. The van der Waals surface area contributed by atoms with Crippen LogP contribution < -0.4 is 10.6 Å². The SMILES string of the molecule is CCCC(C)NC(=O)C(C)NCC1CN(C)CCO1. The van der Waals surface area contributed by atoms with Crippen LogP contribution in [0.5, 0.6) is 0 Å². The first-order valence-corrected chi connectivity index (χ1v) is 7.36. The van der Waals surface area contributed by atoms with Gasteiger partial charge in [-0.2, -0.15) is 0 Å². The summed E-state index contributed by atoms with van der Waals surface area (Å²) in [5.74, 6) is 0.0742. The Labute approximate surface area is 117 Å². The van der Waals surface area contributed by atoms with E-state index in [1.165, 1.54) is 0 Å². The predicted octanol–water partition coefficient (Wildman–Crippen LogP) is 0.600. The molecular formula is C14H29N3O2. The van der Waals surface area contributed by atoms with Gasteiger partial charge in [-0.25, -0.2) is 0 Å². The minimum Gasteiger partial charge on any atom is -0.374 e. The number of hydrogen-bond donors (Lipinski definition) is 2. The molecule has 1 fully saturated rings. The monoisotopic (exact) mass is 271 g/mol. The Morgan fingerprint density at radius 1 is 1.47 bits per heavy atom. The Kier molecular flexibility index (Phi) is 7.34. The van der Waals surface area contributed by atoms with Gasteiger partial charge in [0.05, 0.1) is 18.8 Å². The summed E-state index contributed by atoms with van der Waals surface area (Å²) in [5.41, 5.74) is 0. The van der Waals surface area contributed by atoms with Crippen LogP contribution in [0.2, 0.25) is 0 Å². The largest absolute Gasteiger partial charge is 0.374 e. The van der Waals surface area contributed by atoms with E-state index in [4.69, 9.17) is 4.74 Å². The Morgan fingerprint density at radius 3 is 2.84 bits per heavy atom. The zero-order valence-electron chi connectivity index (χ0n) is 12.7. The second-order valence-corrected chi connectivity index (χ2v) is 5.58. The van der Waals surface area contributed by atoms with E-state index < -0.39 is 0 Å². The van der Waals surface area contributed by atoms with Gasteiger partial charge >= 0.3 is 0 Å². The maximum absolute atomic E-state index is 11.9. The van der Waals surface area contributed by atoms with Gasteiger partial charge in [0.1, 0.15) is 0 Å². The molecule has 2 N–H and O–H groups in total. The van der Waals surface area contributed by atoms with E-state index in [1.54, 1.807) is 0 Å². The van der Waals surface area contributed by atoms with Crippen LogP contribution in [0, 0.1) is 0 Å². The first-order valence-electron chi connectivity index (χ1n) is 7.36. The second kappa shape index (κ2) is 8.51. The van der Waals surface area contributed by atoms with Crippen LogP contribution in [0.15, 0.2) is 0 Å². The fourth-order valence-electron chi connectivity index (χ4n) is 2.26. The Bertz CT molecular complexity index is 273. The maximum atomic E-state index is 11.9. The Balaban J connectivity index is 2.22. The van der Waals surface area contributed by atoms with Crippen molar-refractivity contribution in [1.29, 1.82) is 0 Å². The average molecular weight is 271 g/mol. The van der Waals surface area contributed by atoms with E-state index in [0.717, 1.165) is 39.1 Å². The summed E-state index contributed by atoms with van der Waals surface area (Å²) in [6, 6.07) is 0.0777. The molecular weight excluding hydrogens is 242 g/mol. The third-order valence-corrected chi connectivity index (χ3v) is 3.50. The van der Waals surface area contributed by atoms with Crippen LogP contribution in [0.3, 0.4) is 0 Å². The third-order valence-electron chi connectivity index (χ3n) is 3.50. The van der Waals surface area contributed by atoms with Crippen molar-refractivity contribution in [2.45, 2.75) is 51.8 Å². The summed E-state index contributed by atoms with van der Waals surface area (Å²) < 4.78 is 5.66. The molecule has 5 nitrogen and oxygen atoms in total. The molecule has 1 aliphatic heterocycles. The lowest BCUT2D eigenvalue weighted by Crippen LogP contribution is -2.50. The molecule has 0 aromatic carbocycles. The lowest BCUT2D eigenvalue weighted by Gasteiger charge is -2.31. The molecule has 0 saturated carbocycles. The Morgan fingerprint density at radius 2 is 2.21 bits per heavy atom. The highest BCUT2D eigenvalue weighted by molar-refractivity contribution is 5.81.